The van der Waals surface area contributed by atoms with E-state index in [0.717, 1.165) is 0 Å². The third kappa shape index (κ3) is 4.41. The number of ketones is 1. The quantitative estimate of drug-likeness (QED) is 0.549. The monoisotopic (exact) mass is 399 g/mol. The lowest BCUT2D eigenvalue weighted by Crippen LogP contribution is -2.47. The summed E-state index contributed by atoms with van der Waals surface area (Å²) in [6.07, 6.45) is -0.972. The van der Waals surface area contributed by atoms with Gasteiger partial charge in [0.25, 0.3) is 5.34 Å². The molecule has 0 heterocycles. The van der Waals surface area contributed by atoms with Crippen LogP contribution in [0.4, 0.5) is 4.79 Å². The number of amides is 1. The Morgan fingerprint density at radius 2 is 1.78 bits per heavy atom. The standard InChI is InChI=1S/C18H26NO7P/c1-6-23-27(22,24-7-2)18(26-19-16(21)25-17(3,4)5)12-13-10-8-9-11-14(13)15(18)20/h8-11H,6-7,12H2,1-5H3,(H,19,21)/t18-/m1/s1. The van der Waals surface area contributed by atoms with Crippen LogP contribution in [-0.4, -0.2) is 36.0 Å². The molecule has 27 heavy (non-hydrogen) atoms. The highest BCUT2D eigenvalue weighted by Gasteiger charge is 2.63. The van der Waals surface area contributed by atoms with Crippen LogP contribution < -0.4 is 5.48 Å². The fraction of sp³-hybridized carbons (Fsp3) is 0.556. The van der Waals surface area contributed by atoms with E-state index >= 15 is 0 Å². The van der Waals surface area contributed by atoms with E-state index in [0.29, 0.717) is 11.1 Å². The Morgan fingerprint density at radius 1 is 1.19 bits per heavy atom. The Kier molecular flexibility index (Phi) is 6.47. The second kappa shape index (κ2) is 8.10. The first-order chi connectivity index (χ1) is 12.6. The molecule has 0 radical (unpaired) electrons. The number of ether oxygens (including phenoxy) is 1. The molecule has 0 bridgehead atoms. The van der Waals surface area contributed by atoms with E-state index in [2.05, 4.69) is 5.48 Å². The first-order valence-electron chi connectivity index (χ1n) is 8.77. The summed E-state index contributed by atoms with van der Waals surface area (Å²) in [4.78, 5) is 30.7. The van der Waals surface area contributed by atoms with Crippen LogP contribution in [0, 0.1) is 0 Å². The Morgan fingerprint density at radius 3 is 2.30 bits per heavy atom. The topological polar surface area (TPSA) is 100 Å². The molecule has 0 saturated carbocycles. The number of carbonyl (C=O) groups is 2. The average molecular weight is 399 g/mol. The fourth-order valence-corrected chi connectivity index (χ4v) is 4.88. The van der Waals surface area contributed by atoms with Crippen LogP contribution in [0.2, 0.25) is 0 Å². The van der Waals surface area contributed by atoms with Gasteiger partial charge in [0.15, 0.2) is 0 Å². The molecule has 0 aromatic heterocycles. The predicted molar refractivity (Wildman–Crippen MR) is 98.5 cm³/mol. The van der Waals surface area contributed by atoms with Gasteiger partial charge in [-0.25, -0.2) is 9.63 Å². The lowest BCUT2D eigenvalue weighted by Gasteiger charge is -2.33. The van der Waals surface area contributed by atoms with Gasteiger partial charge < -0.3 is 13.8 Å². The van der Waals surface area contributed by atoms with Crippen LogP contribution in [0.1, 0.15) is 50.5 Å². The third-order valence-corrected chi connectivity index (χ3v) is 6.32. The Bertz CT molecular complexity index is 748. The largest absolute Gasteiger partial charge is 0.442 e. The molecule has 0 aliphatic heterocycles. The zero-order chi connectivity index (χ0) is 20.3. The van der Waals surface area contributed by atoms with Gasteiger partial charge >= 0.3 is 13.7 Å². The summed E-state index contributed by atoms with van der Waals surface area (Å²) in [5.74, 6) is -0.570. The van der Waals surface area contributed by atoms with E-state index in [1.165, 1.54) is 0 Å². The highest BCUT2D eigenvalue weighted by Crippen LogP contribution is 2.64. The van der Waals surface area contributed by atoms with Crippen LogP contribution >= 0.6 is 7.60 Å². The second-order valence-corrected chi connectivity index (χ2v) is 9.22. The van der Waals surface area contributed by atoms with Crippen molar-refractivity contribution in [2.24, 2.45) is 0 Å². The molecule has 1 N–H and O–H groups in total. The van der Waals surface area contributed by atoms with E-state index in [1.54, 1.807) is 58.9 Å². The van der Waals surface area contributed by atoms with Crippen molar-refractivity contribution in [1.29, 1.82) is 0 Å². The van der Waals surface area contributed by atoms with Crippen molar-refractivity contribution in [3.05, 3.63) is 35.4 Å². The van der Waals surface area contributed by atoms with Gasteiger partial charge in [0.1, 0.15) is 5.60 Å². The maximum absolute atomic E-state index is 13.5. The molecule has 8 nitrogen and oxygen atoms in total. The molecular weight excluding hydrogens is 373 g/mol. The van der Waals surface area contributed by atoms with Crippen molar-refractivity contribution >= 4 is 19.5 Å². The van der Waals surface area contributed by atoms with Crippen molar-refractivity contribution in [2.45, 2.75) is 52.0 Å². The third-order valence-electron chi connectivity index (χ3n) is 3.79. The van der Waals surface area contributed by atoms with E-state index < -0.39 is 30.4 Å². The Labute approximate surface area is 159 Å². The maximum Gasteiger partial charge on any atom is 0.431 e. The van der Waals surface area contributed by atoms with Gasteiger partial charge in [-0.05, 0) is 40.2 Å². The van der Waals surface area contributed by atoms with Crippen molar-refractivity contribution in [3.8, 4) is 0 Å². The molecule has 0 unspecified atom stereocenters. The van der Waals surface area contributed by atoms with Crippen molar-refractivity contribution < 1.29 is 32.8 Å². The maximum atomic E-state index is 13.5. The number of benzene rings is 1. The zero-order valence-electron chi connectivity index (χ0n) is 16.2. The number of rotatable bonds is 7. The van der Waals surface area contributed by atoms with E-state index in [4.69, 9.17) is 18.6 Å². The van der Waals surface area contributed by atoms with Crippen LogP contribution in [0.3, 0.4) is 0 Å². The number of Topliss-reactive ketones (excluding diaryl/α,β-unsaturated/α-hetero) is 1. The summed E-state index contributed by atoms with van der Waals surface area (Å²) >= 11 is 0. The lowest BCUT2D eigenvalue weighted by atomic mass is 10.1. The van der Waals surface area contributed by atoms with Gasteiger partial charge in [-0.15, -0.1) is 0 Å². The minimum atomic E-state index is -4.09. The molecule has 1 amide bonds. The predicted octanol–water partition coefficient (Wildman–Crippen LogP) is 3.84. The number of hydroxylamine groups is 1. The molecule has 9 heteroatoms. The SMILES string of the molecule is CCOP(=O)(OCC)[C@]1(ONC(=O)OC(C)(C)C)Cc2ccccc2C1=O. The average Bonchev–Trinajstić information content (AvgIpc) is 2.86. The van der Waals surface area contributed by atoms with Gasteiger partial charge in [-0.1, -0.05) is 24.3 Å². The van der Waals surface area contributed by atoms with Crippen LogP contribution in [0.25, 0.3) is 0 Å². The summed E-state index contributed by atoms with van der Waals surface area (Å²) in [6, 6.07) is 6.79. The molecule has 1 atom stereocenters. The van der Waals surface area contributed by atoms with Gasteiger partial charge in [-0.2, -0.15) is 5.48 Å². The zero-order valence-corrected chi connectivity index (χ0v) is 17.1. The smallest absolute Gasteiger partial charge is 0.431 e. The molecule has 1 aromatic rings. The van der Waals surface area contributed by atoms with E-state index in [1.807, 2.05) is 0 Å². The number of carbonyl (C=O) groups excluding carboxylic acids is 2. The van der Waals surface area contributed by atoms with Crippen molar-refractivity contribution in [1.82, 2.24) is 5.48 Å². The molecule has 150 valence electrons. The molecule has 1 aliphatic carbocycles. The van der Waals surface area contributed by atoms with Gasteiger partial charge in [-0.3, -0.25) is 9.36 Å². The molecule has 1 aromatic carbocycles. The summed E-state index contributed by atoms with van der Waals surface area (Å²) in [6.45, 7) is 8.40. The fourth-order valence-electron chi connectivity index (χ4n) is 2.82. The molecule has 0 saturated heterocycles. The molecule has 1 aliphatic rings. The summed E-state index contributed by atoms with van der Waals surface area (Å²) < 4.78 is 29.4. The molecular formula is C18H26NO7P. The minimum Gasteiger partial charge on any atom is -0.442 e. The van der Waals surface area contributed by atoms with Gasteiger partial charge in [0, 0.05) is 12.0 Å². The van der Waals surface area contributed by atoms with Crippen LogP contribution in [0.5, 0.6) is 0 Å². The summed E-state index contributed by atoms with van der Waals surface area (Å²) in [5.41, 5.74) is 2.31. The Hall–Kier alpha value is -1.73. The highest BCUT2D eigenvalue weighted by molar-refractivity contribution is 7.56. The normalized spacial score (nSPS) is 19.7. The molecule has 0 fully saturated rings. The number of hydrogen-bond donors (Lipinski definition) is 1. The van der Waals surface area contributed by atoms with E-state index in [9.17, 15) is 14.2 Å². The summed E-state index contributed by atoms with van der Waals surface area (Å²) in [7, 11) is -4.09. The van der Waals surface area contributed by atoms with Crippen molar-refractivity contribution in [3.63, 3.8) is 0 Å². The van der Waals surface area contributed by atoms with Crippen LogP contribution in [-0.2, 0) is 29.6 Å². The Balaban J connectivity index is 2.40. The van der Waals surface area contributed by atoms with E-state index in [-0.39, 0.29) is 19.6 Å². The van der Waals surface area contributed by atoms with Crippen molar-refractivity contribution in [2.75, 3.05) is 13.2 Å². The van der Waals surface area contributed by atoms with Gasteiger partial charge in [0.2, 0.25) is 5.78 Å². The first kappa shape index (κ1) is 21.6. The molecule has 2 rings (SSSR count). The number of nitrogens with one attached hydrogen (secondary N) is 1. The number of hydrogen-bond acceptors (Lipinski definition) is 7. The highest BCUT2D eigenvalue weighted by atomic mass is 31.2. The summed E-state index contributed by atoms with van der Waals surface area (Å²) in [5, 5.41) is -2.01. The van der Waals surface area contributed by atoms with Gasteiger partial charge in [0.05, 0.1) is 13.2 Å². The minimum absolute atomic E-state index is 0.0401. The first-order valence-corrected chi connectivity index (χ1v) is 10.3. The second-order valence-electron chi connectivity index (χ2n) is 6.99. The number of fused-ring (bicyclic) bond motifs is 1. The molecule has 0 spiro atoms. The van der Waals surface area contributed by atoms with Crippen LogP contribution in [0.15, 0.2) is 24.3 Å². The lowest BCUT2D eigenvalue weighted by molar-refractivity contribution is -0.0582.